The number of hydrazone groups is 1. The molecule has 1 N–H and O–H groups in total. The normalized spacial score (nSPS) is 11.4. The van der Waals surface area contributed by atoms with Gasteiger partial charge < -0.3 is 14.0 Å². The summed E-state index contributed by atoms with van der Waals surface area (Å²) in [6.45, 7) is 7.22. The molecule has 4 aromatic rings. The number of carbonyl (C=O) groups is 1. The number of carbonyl (C=O) groups excluding carboxylic acids is 1. The summed E-state index contributed by atoms with van der Waals surface area (Å²) >= 11 is 0. The molecule has 44 heavy (non-hydrogen) atoms. The second-order valence-corrected chi connectivity index (χ2v) is 11.9. The number of hydrogen-bond acceptors (Lipinski definition) is 8. The second-order valence-electron chi connectivity index (χ2n) is 10.0. The number of nitro groups is 1. The monoisotopic (exact) mass is 619 g/mol. The van der Waals surface area contributed by atoms with Crippen molar-refractivity contribution in [3.05, 3.63) is 105 Å². The van der Waals surface area contributed by atoms with E-state index in [0.29, 0.717) is 5.75 Å². The zero-order valence-electron chi connectivity index (χ0n) is 25.2. The van der Waals surface area contributed by atoms with Crippen molar-refractivity contribution < 1.29 is 27.6 Å². The van der Waals surface area contributed by atoms with Gasteiger partial charge in [-0.3, -0.25) is 19.2 Å². The predicted octanol–water partition coefficient (Wildman–Crippen LogP) is 4.98. The number of amides is 1. The maximum absolute atomic E-state index is 13.9. The highest BCUT2D eigenvalue weighted by molar-refractivity contribution is 7.93. The summed E-state index contributed by atoms with van der Waals surface area (Å²) in [5, 5.41) is 15.8. The fourth-order valence-corrected chi connectivity index (χ4v) is 6.51. The van der Waals surface area contributed by atoms with Crippen molar-refractivity contribution in [1.29, 1.82) is 0 Å². The number of para-hydroxylation sites is 1. The number of aryl methyl sites for hydroxylation is 3. The van der Waals surface area contributed by atoms with Crippen LogP contribution >= 0.6 is 0 Å². The Morgan fingerprint density at radius 3 is 2.41 bits per heavy atom. The smallest absolute Gasteiger partial charge is 0.289 e. The van der Waals surface area contributed by atoms with E-state index in [1.54, 1.807) is 0 Å². The van der Waals surface area contributed by atoms with Crippen molar-refractivity contribution in [3.8, 4) is 17.2 Å². The van der Waals surface area contributed by atoms with Gasteiger partial charge in [0.1, 0.15) is 18.0 Å². The van der Waals surface area contributed by atoms with E-state index in [2.05, 4.69) is 21.2 Å². The van der Waals surface area contributed by atoms with Crippen LogP contribution in [0.1, 0.15) is 28.1 Å². The Hall–Kier alpha value is -5.17. The molecular formula is C31H33N5O7S. The van der Waals surface area contributed by atoms with Crippen molar-refractivity contribution in [1.82, 2.24) is 9.99 Å². The van der Waals surface area contributed by atoms with Gasteiger partial charge in [-0.15, -0.1) is 0 Å². The van der Waals surface area contributed by atoms with Crippen LogP contribution in [0.25, 0.3) is 5.69 Å². The molecule has 0 saturated carbocycles. The van der Waals surface area contributed by atoms with E-state index in [9.17, 15) is 23.3 Å². The van der Waals surface area contributed by atoms with Crippen LogP contribution in [0.3, 0.4) is 0 Å². The summed E-state index contributed by atoms with van der Waals surface area (Å²) in [4.78, 5) is 23.5. The number of rotatable bonds is 11. The SMILES string of the molecule is COc1ccc(N(CC(=O)N/N=C/c2cc(C)n(-c3ccc(C)cc3C)c2C)S(=O)(=O)c2ccccc2[N+](=O)[O-])c(OC)c1. The van der Waals surface area contributed by atoms with E-state index >= 15 is 0 Å². The molecule has 0 spiro atoms. The number of nitro benzene ring substituents is 1. The van der Waals surface area contributed by atoms with Gasteiger partial charge in [0.15, 0.2) is 4.90 Å². The standard InChI is InChI=1S/C31H33N5O7S/c1-20-11-13-26(21(2)15-20)35-22(3)16-24(23(35)4)18-32-33-31(37)19-34(27-14-12-25(42-5)17-29(27)43-6)44(40,41)30-10-8-7-9-28(30)36(38)39/h7-18H,19H2,1-6H3,(H,33,37)/b32-18+. The maximum atomic E-state index is 13.9. The lowest BCUT2D eigenvalue weighted by Crippen LogP contribution is -2.40. The first-order valence-corrected chi connectivity index (χ1v) is 14.9. The zero-order valence-corrected chi connectivity index (χ0v) is 26.0. The molecule has 12 nitrogen and oxygen atoms in total. The minimum atomic E-state index is -4.65. The molecule has 0 saturated heterocycles. The number of aromatic nitrogens is 1. The molecule has 0 aliphatic carbocycles. The third-order valence-corrected chi connectivity index (χ3v) is 8.84. The van der Waals surface area contributed by atoms with Gasteiger partial charge in [-0.1, -0.05) is 29.8 Å². The van der Waals surface area contributed by atoms with E-state index in [-0.39, 0.29) is 11.4 Å². The summed E-state index contributed by atoms with van der Waals surface area (Å²) < 4.78 is 41.2. The molecule has 1 amide bonds. The van der Waals surface area contributed by atoms with Gasteiger partial charge >= 0.3 is 0 Å². The minimum absolute atomic E-state index is 0.0254. The van der Waals surface area contributed by atoms with E-state index < -0.39 is 38.0 Å². The summed E-state index contributed by atoms with van der Waals surface area (Å²) in [5.74, 6) is -0.341. The summed E-state index contributed by atoms with van der Waals surface area (Å²) in [6.07, 6.45) is 1.48. The molecule has 0 unspecified atom stereocenters. The number of nitrogens with one attached hydrogen (secondary N) is 1. The number of benzene rings is 3. The second kappa shape index (κ2) is 13.0. The van der Waals surface area contributed by atoms with Gasteiger partial charge in [0.25, 0.3) is 21.6 Å². The Labute approximate surface area is 255 Å². The highest BCUT2D eigenvalue weighted by Gasteiger charge is 2.34. The van der Waals surface area contributed by atoms with Crippen LogP contribution in [0, 0.1) is 37.8 Å². The maximum Gasteiger partial charge on any atom is 0.289 e. The van der Waals surface area contributed by atoms with Gasteiger partial charge in [0.05, 0.1) is 31.0 Å². The quantitative estimate of drug-likeness (QED) is 0.142. The molecular weight excluding hydrogens is 586 g/mol. The van der Waals surface area contributed by atoms with Crippen molar-refractivity contribution in [3.63, 3.8) is 0 Å². The largest absolute Gasteiger partial charge is 0.497 e. The Bertz CT molecular complexity index is 1870. The topological polar surface area (TPSA) is 145 Å². The van der Waals surface area contributed by atoms with E-state index in [0.717, 1.165) is 50.2 Å². The summed E-state index contributed by atoms with van der Waals surface area (Å²) in [6, 6.07) is 17.3. The first-order valence-electron chi connectivity index (χ1n) is 13.5. The zero-order chi connectivity index (χ0) is 32.2. The third kappa shape index (κ3) is 6.42. The average Bonchev–Trinajstić information content (AvgIpc) is 3.27. The van der Waals surface area contributed by atoms with Crippen molar-refractivity contribution in [2.45, 2.75) is 32.6 Å². The molecule has 13 heteroatoms. The lowest BCUT2D eigenvalue weighted by atomic mass is 10.1. The van der Waals surface area contributed by atoms with Crippen molar-refractivity contribution in [2.24, 2.45) is 5.10 Å². The number of hydrogen-bond donors (Lipinski definition) is 1. The summed E-state index contributed by atoms with van der Waals surface area (Å²) in [5.41, 5.74) is 7.63. The number of anilines is 1. The highest BCUT2D eigenvalue weighted by Crippen LogP contribution is 2.37. The molecule has 0 aliphatic heterocycles. The molecule has 0 fully saturated rings. The number of nitrogens with zero attached hydrogens (tertiary/aromatic N) is 4. The summed E-state index contributed by atoms with van der Waals surface area (Å²) in [7, 11) is -1.89. The Morgan fingerprint density at radius 2 is 1.75 bits per heavy atom. The number of ether oxygens (including phenoxy) is 2. The molecule has 0 aliphatic rings. The van der Waals surface area contributed by atoms with Gasteiger partial charge in [0, 0.05) is 34.8 Å². The third-order valence-electron chi connectivity index (χ3n) is 7.03. The van der Waals surface area contributed by atoms with Gasteiger partial charge in [-0.2, -0.15) is 5.10 Å². The molecule has 4 rings (SSSR count). The highest BCUT2D eigenvalue weighted by atomic mass is 32.2. The Morgan fingerprint density at radius 1 is 1.02 bits per heavy atom. The average molecular weight is 620 g/mol. The molecule has 0 atom stereocenters. The molecule has 0 bridgehead atoms. The number of sulfonamides is 1. The van der Waals surface area contributed by atoms with Crippen LogP contribution in [0.2, 0.25) is 0 Å². The van der Waals surface area contributed by atoms with Crippen LogP contribution in [-0.2, 0) is 14.8 Å². The molecule has 1 heterocycles. The van der Waals surface area contributed by atoms with Crippen molar-refractivity contribution in [2.75, 3.05) is 25.1 Å². The van der Waals surface area contributed by atoms with Crippen LogP contribution in [0.15, 0.2) is 76.7 Å². The van der Waals surface area contributed by atoms with E-state index in [4.69, 9.17) is 9.47 Å². The fraction of sp³-hybridized carbons (Fsp3) is 0.226. The number of methoxy groups -OCH3 is 2. The van der Waals surface area contributed by atoms with Crippen LogP contribution < -0.4 is 19.2 Å². The van der Waals surface area contributed by atoms with E-state index in [1.165, 1.54) is 50.8 Å². The van der Waals surface area contributed by atoms with E-state index in [1.807, 2.05) is 45.9 Å². The fourth-order valence-electron chi connectivity index (χ4n) is 4.92. The van der Waals surface area contributed by atoms with Gasteiger partial charge in [-0.25, -0.2) is 13.8 Å². The van der Waals surface area contributed by atoms with Gasteiger partial charge in [0.2, 0.25) is 0 Å². The Balaban J connectivity index is 1.66. The molecule has 1 aromatic heterocycles. The van der Waals surface area contributed by atoms with Crippen LogP contribution in [0.4, 0.5) is 11.4 Å². The minimum Gasteiger partial charge on any atom is -0.497 e. The van der Waals surface area contributed by atoms with Crippen LogP contribution in [0.5, 0.6) is 11.5 Å². The van der Waals surface area contributed by atoms with Gasteiger partial charge in [-0.05, 0) is 63.6 Å². The lowest BCUT2D eigenvalue weighted by molar-refractivity contribution is -0.387. The van der Waals surface area contributed by atoms with Crippen molar-refractivity contribution >= 4 is 33.5 Å². The predicted molar refractivity (Wildman–Crippen MR) is 168 cm³/mol. The lowest BCUT2D eigenvalue weighted by Gasteiger charge is -2.25. The van der Waals surface area contributed by atoms with Crippen LogP contribution in [-0.4, -0.2) is 50.8 Å². The molecule has 0 radical (unpaired) electrons. The first-order chi connectivity index (χ1) is 20.9. The molecule has 3 aromatic carbocycles. The first kappa shape index (κ1) is 31.8. The molecule has 230 valence electrons. The Kier molecular flexibility index (Phi) is 9.38.